The molecule has 0 radical (unpaired) electrons. The van der Waals surface area contributed by atoms with Crippen molar-refractivity contribution in [2.75, 3.05) is 0 Å². The molecular weight excluding hydrogens is 270 g/mol. The number of carboxylic acid groups (broad SMARTS) is 1. The van der Waals surface area contributed by atoms with Crippen LogP contribution in [0.5, 0.6) is 0 Å². The zero-order chi connectivity index (χ0) is 14.4. The van der Waals surface area contributed by atoms with Crippen molar-refractivity contribution in [3.05, 3.63) is 23.8 Å². The smallest absolute Gasteiger partial charge is 0.341 e. The Morgan fingerprint density at radius 3 is 2.71 bits per heavy atom. The summed E-state index contributed by atoms with van der Waals surface area (Å²) in [6.45, 7) is 0. The Balaban J connectivity index is 1.81. The molecular formula is C15H17N3O3. The summed E-state index contributed by atoms with van der Waals surface area (Å²) in [5, 5.41) is 13.7. The van der Waals surface area contributed by atoms with Crippen LogP contribution in [0.4, 0.5) is 0 Å². The van der Waals surface area contributed by atoms with Crippen LogP contribution in [0.1, 0.15) is 66.6 Å². The molecule has 6 heteroatoms. The highest BCUT2D eigenvalue weighted by molar-refractivity contribution is 5.95. The fraction of sp³-hybridized carbons (Fsp3) is 0.533. The maximum atomic E-state index is 11.7. The van der Waals surface area contributed by atoms with Gasteiger partial charge in [-0.25, -0.2) is 9.78 Å². The average Bonchev–Trinajstić information content (AvgIpc) is 2.94. The number of aromatic carboxylic acids is 1. The van der Waals surface area contributed by atoms with Gasteiger partial charge in [0.15, 0.2) is 5.76 Å². The van der Waals surface area contributed by atoms with E-state index in [-0.39, 0.29) is 11.5 Å². The van der Waals surface area contributed by atoms with Crippen LogP contribution in [0.3, 0.4) is 0 Å². The number of hydrogen-bond donors (Lipinski definition) is 1. The van der Waals surface area contributed by atoms with Gasteiger partial charge >= 0.3 is 5.97 Å². The van der Waals surface area contributed by atoms with Gasteiger partial charge in [0.25, 0.3) is 0 Å². The van der Waals surface area contributed by atoms with E-state index in [1.54, 1.807) is 12.5 Å². The van der Waals surface area contributed by atoms with E-state index in [0.717, 1.165) is 44.2 Å². The fourth-order valence-electron chi connectivity index (χ4n) is 3.28. The van der Waals surface area contributed by atoms with Crippen LogP contribution < -0.4 is 0 Å². The number of hydrogen-bond acceptors (Lipinski definition) is 4. The molecule has 0 spiro atoms. The van der Waals surface area contributed by atoms with Crippen molar-refractivity contribution < 1.29 is 14.4 Å². The second-order valence-electron chi connectivity index (χ2n) is 5.97. The number of aromatic nitrogens is 3. The second kappa shape index (κ2) is 4.72. The van der Waals surface area contributed by atoms with E-state index in [9.17, 15) is 9.90 Å². The normalized spacial score (nSPS) is 19.2. The summed E-state index contributed by atoms with van der Waals surface area (Å²) in [6.07, 6.45) is 9.87. The quantitative estimate of drug-likeness (QED) is 0.933. The first-order valence-electron chi connectivity index (χ1n) is 7.50. The van der Waals surface area contributed by atoms with Gasteiger partial charge in [0.1, 0.15) is 11.3 Å². The van der Waals surface area contributed by atoms with E-state index in [2.05, 4.69) is 10.1 Å². The Hall–Kier alpha value is -2.11. The molecule has 110 valence electrons. The zero-order valence-corrected chi connectivity index (χ0v) is 11.7. The van der Waals surface area contributed by atoms with Crippen molar-refractivity contribution in [2.45, 2.75) is 50.5 Å². The first-order valence-corrected chi connectivity index (χ1v) is 7.50. The average molecular weight is 287 g/mol. The van der Waals surface area contributed by atoms with E-state index < -0.39 is 5.97 Å². The lowest BCUT2D eigenvalue weighted by molar-refractivity contribution is 0.0694. The molecule has 2 aromatic rings. The van der Waals surface area contributed by atoms with E-state index >= 15 is 0 Å². The topological polar surface area (TPSA) is 81.1 Å². The molecule has 21 heavy (non-hydrogen) atoms. The van der Waals surface area contributed by atoms with Crippen LogP contribution in [-0.4, -0.2) is 25.8 Å². The monoisotopic (exact) mass is 287 g/mol. The van der Waals surface area contributed by atoms with Crippen molar-refractivity contribution in [1.29, 1.82) is 0 Å². The number of rotatable bonds is 4. The van der Waals surface area contributed by atoms with E-state index in [1.165, 1.54) is 0 Å². The minimum absolute atomic E-state index is 0.189. The molecule has 0 amide bonds. The Kier molecular flexibility index (Phi) is 2.83. The highest BCUT2D eigenvalue weighted by Gasteiger charge is 2.33. The van der Waals surface area contributed by atoms with Crippen LogP contribution in [0.25, 0.3) is 11.4 Å². The lowest BCUT2D eigenvalue weighted by atomic mass is 9.99. The van der Waals surface area contributed by atoms with Gasteiger partial charge in [0, 0.05) is 12.0 Å². The highest BCUT2D eigenvalue weighted by atomic mass is 16.5. The Morgan fingerprint density at radius 2 is 2.05 bits per heavy atom. The number of imidazole rings is 1. The predicted octanol–water partition coefficient (Wildman–Crippen LogP) is 3.23. The molecule has 0 aromatic carbocycles. The summed E-state index contributed by atoms with van der Waals surface area (Å²) in [7, 11) is 0. The van der Waals surface area contributed by atoms with Crippen molar-refractivity contribution in [3.63, 3.8) is 0 Å². The molecule has 2 heterocycles. The molecule has 6 nitrogen and oxygen atoms in total. The maximum Gasteiger partial charge on any atom is 0.341 e. The summed E-state index contributed by atoms with van der Waals surface area (Å²) >= 11 is 0. The van der Waals surface area contributed by atoms with E-state index in [1.807, 2.05) is 4.57 Å². The summed E-state index contributed by atoms with van der Waals surface area (Å²) in [6, 6.07) is 0.427. The summed E-state index contributed by atoms with van der Waals surface area (Å²) < 4.78 is 7.46. The molecule has 1 N–H and O–H groups in total. The standard InChI is InChI=1S/C15H17N3O3/c19-15(20)12-13(11-7-16-8-18(11)10-5-6-10)17-21-14(12)9-3-1-2-4-9/h7-10H,1-6H2,(H,19,20). The molecule has 2 saturated carbocycles. The van der Waals surface area contributed by atoms with Crippen LogP contribution >= 0.6 is 0 Å². The van der Waals surface area contributed by atoms with Crippen LogP contribution in [0, 0.1) is 0 Å². The van der Waals surface area contributed by atoms with Crippen LogP contribution in [-0.2, 0) is 0 Å². The van der Waals surface area contributed by atoms with Gasteiger partial charge in [-0.2, -0.15) is 0 Å². The lowest BCUT2D eigenvalue weighted by Crippen LogP contribution is -2.05. The Morgan fingerprint density at radius 1 is 1.29 bits per heavy atom. The third kappa shape index (κ3) is 2.05. The van der Waals surface area contributed by atoms with E-state index in [4.69, 9.17) is 4.52 Å². The number of nitrogens with zero attached hydrogens (tertiary/aromatic N) is 3. The minimum atomic E-state index is -0.961. The predicted molar refractivity (Wildman–Crippen MR) is 74.2 cm³/mol. The number of carbonyl (C=O) groups is 1. The first kappa shape index (κ1) is 12.6. The molecule has 0 bridgehead atoms. The number of carboxylic acids is 1. The van der Waals surface area contributed by atoms with Crippen LogP contribution in [0.2, 0.25) is 0 Å². The largest absolute Gasteiger partial charge is 0.477 e. The fourth-order valence-corrected chi connectivity index (χ4v) is 3.28. The van der Waals surface area contributed by atoms with Gasteiger partial charge in [0.05, 0.1) is 18.2 Å². The minimum Gasteiger partial charge on any atom is -0.477 e. The highest BCUT2D eigenvalue weighted by Crippen LogP contribution is 2.41. The van der Waals surface area contributed by atoms with Crippen LogP contribution in [0.15, 0.2) is 17.0 Å². The Bertz CT molecular complexity index is 678. The molecule has 0 aliphatic heterocycles. The lowest BCUT2D eigenvalue weighted by Gasteiger charge is -2.06. The molecule has 2 fully saturated rings. The molecule has 0 unspecified atom stereocenters. The molecule has 2 aliphatic rings. The van der Waals surface area contributed by atoms with Gasteiger partial charge in [-0.3, -0.25) is 0 Å². The molecule has 4 rings (SSSR count). The van der Waals surface area contributed by atoms with Gasteiger partial charge in [-0.1, -0.05) is 18.0 Å². The SMILES string of the molecule is O=C(O)c1c(-c2cncn2C2CC2)noc1C1CCCC1. The summed E-state index contributed by atoms with van der Waals surface area (Å²) in [5.41, 5.74) is 1.40. The third-order valence-electron chi connectivity index (χ3n) is 4.51. The van der Waals surface area contributed by atoms with E-state index in [0.29, 0.717) is 17.5 Å². The molecule has 0 saturated heterocycles. The van der Waals surface area contributed by atoms with Gasteiger partial charge in [0.2, 0.25) is 0 Å². The van der Waals surface area contributed by atoms with Crippen molar-refractivity contribution in [3.8, 4) is 11.4 Å². The second-order valence-corrected chi connectivity index (χ2v) is 5.97. The van der Waals surface area contributed by atoms with Gasteiger partial charge in [-0.15, -0.1) is 0 Å². The van der Waals surface area contributed by atoms with Crippen molar-refractivity contribution in [1.82, 2.24) is 14.7 Å². The van der Waals surface area contributed by atoms with Crippen molar-refractivity contribution in [2.24, 2.45) is 0 Å². The third-order valence-corrected chi connectivity index (χ3v) is 4.51. The molecule has 0 atom stereocenters. The van der Waals surface area contributed by atoms with Gasteiger partial charge < -0.3 is 14.2 Å². The van der Waals surface area contributed by atoms with Gasteiger partial charge in [-0.05, 0) is 25.7 Å². The molecule has 2 aromatic heterocycles. The maximum absolute atomic E-state index is 11.7. The molecule has 2 aliphatic carbocycles. The summed E-state index contributed by atoms with van der Waals surface area (Å²) in [4.78, 5) is 15.9. The summed E-state index contributed by atoms with van der Waals surface area (Å²) in [5.74, 6) is -0.232. The first-order chi connectivity index (χ1) is 10.3. The zero-order valence-electron chi connectivity index (χ0n) is 11.7. The van der Waals surface area contributed by atoms with Crippen molar-refractivity contribution >= 4 is 5.97 Å². The Labute approximate surface area is 121 Å².